The van der Waals surface area contributed by atoms with Crippen LogP contribution in [0.3, 0.4) is 0 Å². The molecule has 2 heterocycles. The Labute approximate surface area is 135 Å². The van der Waals surface area contributed by atoms with Crippen LogP contribution in [0, 0.1) is 11.3 Å². The van der Waals surface area contributed by atoms with E-state index in [9.17, 15) is 5.11 Å². The molecule has 1 atom stereocenters. The van der Waals surface area contributed by atoms with E-state index in [0.29, 0.717) is 11.8 Å². The van der Waals surface area contributed by atoms with Crippen molar-refractivity contribution >= 4 is 5.82 Å². The number of rotatable bonds is 3. The zero-order valence-corrected chi connectivity index (χ0v) is 15.1. The van der Waals surface area contributed by atoms with Crippen molar-refractivity contribution in [3.8, 4) is 0 Å². The van der Waals surface area contributed by atoms with E-state index in [1.165, 1.54) is 5.56 Å². The Bertz CT molecular complexity index is 479. The number of nitrogens with zero attached hydrogens (tertiary/aromatic N) is 2. The third-order valence-corrected chi connectivity index (χ3v) is 5.60. The number of hydrogen-bond donors (Lipinski definition) is 1. The number of piperidine rings is 1. The summed E-state index contributed by atoms with van der Waals surface area (Å²) in [7, 11) is 0. The lowest BCUT2D eigenvalue weighted by molar-refractivity contribution is -0.0262. The molecule has 1 aliphatic heterocycles. The molecule has 1 aliphatic rings. The molecule has 0 radical (unpaired) electrons. The summed E-state index contributed by atoms with van der Waals surface area (Å²) in [6.07, 6.45) is 3.67. The summed E-state index contributed by atoms with van der Waals surface area (Å²) in [4.78, 5) is 6.97. The fraction of sp³-hybridized carbons (Fsp3) is 0.737. The predicted molar refractivity (Wildman–Crippen MR) is 93.3 cm³/mol. The van der Waals surface area contributed by atoms with Crippen molar-refractivity contribution in [1.82, 2.24) is 4.98 Å². The lowest BCUT2D eigenvalue weighted by Crippen LogP contribution is -2.47. The van der Waals surface area contributed by atoms with Gasteiger partial charge in [-0.1, -0.05) is 47.6 Å². The second kappa shape index (κ2) is 6.19. The molecule has 0 amide bonds. The molecule has 0 aromatic carbocycles. The van der Waals surface area contributed by atoms with Gasteiger partial charge in [-0.15, -0.1) is 0 Å². The fourth-order valence-electron chi connectivity index (χ4n) is 3.04. The zero-order chi connectivity index (χ0) is 16.5. The Hall–Kier alpha value is -1.09. The maximum atomic E-state index is 10.6. The average molecular weight is 304 g/mol. The van der Waals surface area contributed by atoms with E-state index in [1.54, 1.807) is 0 Å². The molecule has 2 rings (SSSR count). The topological polar surface area (TPSA) is 36.4 Å². The smallest absolute Gasteiger partial charge is 0.128 e. The summed E-state index contributed by atoms with van der Waals surface area (Å²) in [6.45, 7) is 15.0. The first kappa shape index (κ1) is 17.3. The largest absolute Gasteiger partial charge is 0.389 e. The van der Waals surface area contributed by atoms with E-state index >= 15 is 0 Å². The number of anilines is 1. The minimum absolute atomic E-state index is 0.252. The van der Waals surface area contributed by atoms with Gasteiger partial charge in [-0.2, -0.15) is 0 Å². The maximum absolute atomic E-state index is 10.6. The Kier molecular flexibility index (Phi) is 4.86. The van der Waals surface area contributed by atoms with Gasteiger partial charge in [0.2, 0.25) is 0 Å². The highest BCUT2D eigenvalue weighted by Crippen LogP contribution is 2.35. The number of pyridine rings is 1. The average Bonchev–Trinajstić information content (AvgIpc) is 2.46. The highest BCUT2D eigenvalue weighted by Gasteiger charge is 2.35. The Morgan fingerprint density at radius 1 is 1.14 bits per heavy atom. The van der Waals surface area contributed by atoms with Crippen LogP contribution in [0.2, 0.25) is 0 Å². The van der Waals surface area contributed by atoms with Gasteiger partial charge < -0.3 is 10.0 Å². The summed E-state index contributed by atoms with van der Waals surface area (Å²) < 4.78 is 0. The molecule has 0 spiro atoms. The molecule has 22 heavy (non-hydrogen) atoms. The minimum Gasteiger partial charge on any atom is -0.389 e. The van der Waals surface area contributed by atoms with Crippen molar-refractivity contribution < 1.29 is 5.11 Å². The molecule has 1 N–H and O–H groups in total. The monoisotopic (exact) mass is 304 g/mol. The standard InChI is InChI=1S/C19H32N2O/c1-14(2)19(22)9-11-21(12-10-19)17-8-7-16(13-20-17)15(3)18(4,5)6/h7-8,13-15,22H,9-12H2,1-6H3. The van der Waals surface area contributed by atoms with Crippen molar-refractivity contribution in [2.45, 2.75) is 65.9 Å². The van der Waals surface area contributed by atoms with E-state index in [2.05, 4.69) is 63.6 Å². The number of aromatic nitrogens is 1. The molecule has 124 valence electrons. The highest BCUT2D eigenvalue weighted by molar-refractivity contribution is 5.40. The van der Waals surface area contributed by atoms with Crippen LogP contribution < -0.4 is 4.90 Å². The molecule has 3 nitrogen and oxygen atoms in total. The van der Waals surface area contributed by atoms with Crippen LogP contribution in [-0.2, 0) is 0 Å². The third-order valence-electron chi connectivity index (χ3n) is 5.60. The Balaban J connectivity index is 2.04. The molecule has 1 unspecified atom stereocenters. The van der Waals surface area contributed by atoms with Gasteiger partial charge in [0, 0.05) is 19.3 Å². The van der Waals surface area contributed by atoms with Crippen LogP contribution in [0.15, 0.2) is 18.3 Å². The van der Waals surface area contributed by atoms with Gasteiger partial charge in [-0.05, 0) is 41.7 Å². The molecule has 3 heteroatoms. The van der Waals surface area contributed by atoms with E-state index in [4.69, 9.17) is 0 Å². The van der Waals surface area contributed by atoms with Crippen LogP contribution in [0.5, 0.6) is 0 Å². The molecular formula is C19H32N2O. The van der Waals surface area contributed by atoms with Crippen LogP contribution in [0.25, 0.3) is 0 Å². The summed E-state index contributed by atoms with van der Waals surface area (Å²) in [6, 6.07) is 4.35. The molecule has 1 aromatic heterocycles. The van der Waals surface area contributed by atoms with Gasteiger partial charge in [0.05, 0.1) is 5.60 Å². The van der Waals surface area contributed by atoms with E-state index in [1.807, 2.05) is 6.20 Å². The van der Waals surface area contributed by atoms with Crippen molar-refractivity contribution in [3.63, 3.8) is 0 Å². The molecule has 0 saturated carbocycles. The normalized spacial score (nSPS) is 20.3. The highest BCUT2D eigenvalue weighted by atomic mass is 16.3. The van der Waals surface area contributed by atoms with Crippen molar-refractivity contribution in [1.29, 1.82) is 0 Å². The Morgan fingerprint density at radius 2 is 1.73 bits per heavy atom. The molecule has 1 fully saturated rings. The summed E-state index contributed by atoms with van der Waals surface area (Å²) in [5.74, 6) is 1.84. The summed E-state index contributed by atoms with van der Waals surface area (Å²) >= 11 is 0. The van der Waals surface area contributed by atoms with Gasteiger partial charge >= 0.3 is 0 Å². The van der Waals surface area contributed by atoms with E-state index in [-0.39, 0.29) is 5.41 Å². The number of hydrogen-bond acceptors (Lipinski definition) is 3. The van der Waals surface area contributed by atoms with Crippen molar-refractivity contribution in [2.75, 3.05) is 18.0 Å². The minimum atomic E-state index is -0.503. The summed E-state index contributed by atoms with van der Waals surface area (Å²) in [5, 5.41) is 10.6. The first-order valence-electron chi connectivity index (χ1n) is 8.57. The van der Waals surface area contributed by atoms with Crippen molar-refractivity contribution in [3.05, 3.63) is 23.9 Å². The van der Waals surface area contributed by atoms with E-state index < -0.39 is 5.60 Å². The van der Waals surface area contributed by atoms with E-state index in [0.717, 1.165) is 31.7 Å². The maximum Gasteiger partial charge on any atom is 0.128 e. The SMILES string of the molecule is CC(c1ccc(N2CCC(O)(C(C)C)CC2)nc1)C(C)(C)C. The second-order valence-corrected chi connectivity index (χ2v) is 8.28. The summed E-state index contributed by atoms with van der Waals surface area (Å²) in [5.41, 5.74) is 1.05. The van der Waals surface area contributed by atoms with Gasteiger partial charge in [-0.3, -0.25) is 0 Å². The molecule has 1 saturated heterocycles. The van der Waals surface area contributed by atoms with Gasteiger partial charge in [0.25, 0.3) is 0 Å². The zero-order valence-electron chi connectivity index (χ0n) is 15.1. The molecule has 0 bridgehead atoms. The van der Waals surface area contributed by atoms with Crippen LogP contribution in [0.1, 0.15) is 65.9 Å². The second-order valence-electron chi connectivity index (χ2n) is 8.28. The first-order chi connectivity index (χ1) is 10.1. The van der Waals surface area contributed by atoms with Crippen LogP contribution in [-0.4, -0.2) is 28.8 Å². The fourth-order valence-corrected chi connectivity index (χ4v) is 3.04. The molecular weight excluding hydrogens is 272 g/mol. The van der Waals surface area contributed by atoms with Crippen LogP contribution in [0.4, 0.5) is 5.82 Å². The third kappa shape index (κ3) is 3.62. The molecule has 0 aliphatic carbocycles. The van der Waals surface area contributed by atoms with Gasteiger partial charge in [0.1, 0.15) is 5.82 Å². The van der Waals surface area contributed by atoms with Crippen LogP contribution >= 0.6 is 0 Å². The number of aliphatic hydroxyl groups is 1. The lowest BCUT2D eigenvalue weighted by Gasteiger charge is -2.41. The van der Waals surface area contributed by atoms with Crippen molar-refractivity contribution in [2.24, 2.45) is 11.3 Å². The first-order valence-corrected chi connectivity index (χ1v) is 8.57. The van der Waals surface area contributed by atoms with Gasteiger partial charge in [-0.25, -0.2) is 4.98 Å². The quantitative estimate of drug-likeness (QED) is 0.908. The van der Waals surface area contributed by atoms with Gasteiger partial charge in [0.15, 0.2) is 0 Å². The predicted octanol–water partition coefficient (Wildman–Crippen LogP) is 4.22. The molecule has 1 aromatic rings. The Morgan fingerprint density at radius 3 is 2.14 bits per heavy atom. The lowest BCUT2D eigenvalue weighted by atomic mass is 9.78.